The standard InChI is InChI=1S/C14H13NO3/c1-8(2)9-4-5-10-6-11(14(17)18-3)13(16)15-12(10)7-9/h4-7H,1H2,2-3H3,(H,15,16). The average Bonchev–Trinajstić information content (AvgIpc) is 2.36. The zero-order chi connectivity index (χ0) is 13.3. The van der Waals surface area contributed by atoms with Crippen molar-refractivity contribution in [2.75, 3.05) is 7.11 Å². The molecule has 4 nitrogen and oxygen atoms in total. The van der Waals surface area contributed by atoms with Gasteiger partial charge in [-0.15, -0.1) is 0 Å². The van der Waals surface area contributed by atoms with Crippen LogP contribution >= 0.6 is 0 Å². The van der Waals surface area contributed by atoms with Gasteiger partial charge in [-0.05, 0) is 30.0 Å². The molecule has 0 aliphatic rings. The Labute approximate surface area is 104 Å². The Morgan fingerprint density at radius 1 is 1.33 bits per heavy atom. The van der Waals surface area contributed by atoms with Gasteiger partial charge in [0.25, 0.3) is 5.56 Å². The number of carbonyl (C=O) groups excluding carboxylic acids is 1. The Balaban J connectivity index is 2.68. The van der Waals surface area contributed by atoms with Gasteiger partial charge in [0.2, 0.25) is 0 Å². The van der Waals surface area contributed by atoms with Crippen LogP contribution in [0.4, 0.5) is 0 Å². The summed E-state index contributed by atoms with van der Waals surface area (Å²) in [6.45, 7) is 5.74. The van der Waals surface area contributed by atoms with Gasteiger partial charge >= 0.3 is 5.97 Å². The molecule has 2 rings (SSSR count). The summed E-state index contributed by atoms with van der Waals surface area (Å²) in [5.41, 5.74) is 2.09. The second kappa shape index (κ2) is 4.49. The number of pyridine rings is 1. The third kappa shape index (κ3) is 2.05. The number of rotatable bonds is 2. The summed E-state index contributed by atoms with van der Waals surface area (Å²) >= 11 is 0. The van der Waals surface area contributed by atoms with Crippen molar-refractivity contribution < 1.29 is 9.53 Å². The third-order valence-electron chi connectivity index (χ3n) is 2.74. The molecule has 2 aromatic rings. The molecule has 0 fully saturated rings. The minimum absolute atomic E-state index is 0.00748. The fourth-order valence-corrected chi connectivity index (χ4v) is 1.73. The molecule has 1 heterocycles. The van der Waals surface area contributed by atoms with Crippen molar-refractivity contribution in [1.82, 2.24) is 4.98 Å². The number of hydrogen-bond donors (Lipinski definition) is 1. The molecule has 0 unspecified atom stereocenters. The minimum atomic E-state index is -0.637. The zero-order valence-electron chi connectivity index (χ0n) is 10.2. The SMILES string of the molecule is C=C(C)c1ccc2cc(C(=O)OC)c(=O)[nH]c2c1. The molecule has 18 heavy (non-hydrogen) atoms. The first-order valence-corrected chi connectivity index (χ1v) is 5.44. The van der Waals surface area contributed by atoms with E-state index in [1.807, 2.05) is 25.1 Å². The number of benzene rings is 1. The van der Waals surface area contributed by atoms with E-state index in [2.05, 4.69) is 16.3 Å². The maximum Gasteiger partial charge on any atom is 0.343 e. The van der Waals surface area contributed by atoms with Crippen LogP contribution in [0.25, 0.3) is 16.5 Å². The van der Waals surface area contributed by atoms with Crippen LogP contribution < -0.4 is 5.56 Å². The highest BCUT2D eigenvalue weighted by atomic mass is 16.5. The van der Waals surface area contributed by atoms with Crippen LogP contribution in [0.5, 0.6) is 0 Å². The van der Waals surface area contributed by atoms with Crippen LogP contribution in [0.1, 0.15) is 22.8 Å². The Kier molecular flexibility index (Phi) is 3.02. The molecule has 0 bridgehead atoms. The minimum Gasteiger partial charge on any atom is -0.465 e. The average molecular weight is 243 g/mol. The molecule has 1 aromatic carbocycles. The smallest absolute Gasteiger partial charge is 0.343 e. The Morgan fingerprint density at radius 3 is 2.67 bits per heavy atom. The lowest BCUT2D eigenvalue weighted by molar-refractivity contribution is 0.0599. The summed E-state index contributed by atoms with van der Waals surface area (Å²) in [7, 11) is 1.25. The van der Waals surface area contributed by atoms with E-state index < -0.39 is 11.5 Å². The van der Waals surface area contributed by atoms with Crippen LogP contribution in [0.2, 0.25) is 0 Å². The van der Waals surface area contributed by atoms with Crippen molar-refractivity contribution in [1.29, 1.82) is 0 Å². The number of aromatic amines is 1. The molecular formula is C14H13NO3. The molecule has 4 heteroatoms. The molecule has 0 spiro atoms. The van der Waals surface area contributed by atoms with Crippen LogP contribution in [0.3, 0.4) is 0 Å². The molecule has 92 valence electrons. The number of esters is 1. The van der Waals surface area contributed by atoms with E-state index in [0.717, 1.165) is 16.5 Å². The molecule has 0 aliphatic heterocycles. The lowest BCUT2D eigenvalue weighted by Gasteiger charge is -2.04. The first-order valence-electron chi connectivity index (χ1n) is 5.44. The molecule has 0 aliphatic carbocycles. The van der Waals surface area contributed by atoms with Crippen LogP contribution in [-0.2, 0) is 4.74 Å². The van der Waals surface area contributed by atoms with Crippen molar-refractivity contribution in [2.24, 2.45) is 0 Å². The molecule has 0 amide bonds. The van der Waals surface area contributed by atoms with Gasteiger partial charge in [-0.3, -0.25) is 4.79 Å². The van der Waals surface area contributed by atoms with Gasteiger partial charge in [-0.25, -0.2) is 4.79 Å². The molecule has 0 radical (unpaired) electrons. The number of ether oxygens (including phenoxy) is 1. The third-order valence-corrected chi connectivity index (χ3v) is 2.74. The van der Waals surface area contributed by atoms with Gasteiger partial charge < -0.3 is 9.72 Å². The number of methoxy groups -OCH3 is 1. The van der Waals surface area contributed by atoms with E-state index in [1.54, 1.807) is 0 Å². The van der Waals surface area contributed by atoms with Gasteiger partial charge in [-0.1, -0.05) is 24.3 Å². The highest BCUT2D eigenvalue weighted by Gasteiger charge is 2.11. The molecule has 1 aromatic heterocycles. The fourth-order valence-electron chi connectivity index (χ4n) is 1.73. The van der Waals surface area contributed by atoms with Crippen LogP contribution in [0.15, 0.2) is 35.6 Å². The molecule has 1 N–H and O–H groups in total. The van der Waals surface area contributed by atoms with Gasteiger partial charge in [0.15, 0.2) is 0 Å². The number of H-pyrrole nitrogens is 1. The number of carbonyl (C=O) groups is 1. The first kappa shape index (κ1) is 12.1. The first-order chi connectivity index (χ1) is 8.52. The Hall–Kier alpha value is -2.36. The number of allylic oxidation sites excluding steroid dienone is 1. The maximum absolute atomic E-state index is 11.7. The second-order valence-electron chi connectivity index (χ2n) is 4.09. The summed E-state index contributed by atoms with van der Waals surface area (Å²) in [4.78, 5) is 25.8. The Morgan fingerprint density at radius 2 is 2.06 bits per heavy atom. The van der Waals surface area contributed by atoms with Gasteiger partial charge in [0, 0.05) is 5.52 Å². The number of fused-ring (bicyclic) bond motifs is 1. The van der Waals surface area contributed by atoms with E-state index in [-0.39, 0.29) is 5.56 Å². The quantitative estimate of drug-likeness (QED) is 0.823. The van der Waals surface area contributed by atoms with Gasteiger partial charge in [0.05, 0.1) is 7.11 Å². The van der Waals surface area contributed by atoms with E-state index in [9.17, 15) is 9.59 Å². The lowest BCUT2D eigenvalue weighted by Crippen LogP contribution is -2.18. The summed E-state index contributed by atoms with van der Waals surface area (Å²) in [6.07, 6.45) is 0. The predicted octanol–water partition coefficient (Wildman–Crippen LogP) is 2.35. The molecular weight excluding hydrogens is 230 g/mol. The highest BCUT2D eigenvalue weighted by molar-refractivity contribution is 5.94. The topological polar surface area (TPSA) is 59.2 Å². The molecule has 0 atom stereocenters. The van der Waals surface area contributed by atoms with Crippen molar-refractivity contribution in [3.05, 3.63) is 52.3 Å². The maximum atomic E-state index is 11.7. The largest absolute Gasteiger partial charge is 0.465 e. The number of aromatic nitrogens is 1. The summed E-state index contributed by atoms with van der Waals surface area (Å²) < 4.78 is 4.55. The zero-order valence-corrected chi connectivity index (χ0v) is 10.2. The normalized spacial score (nSPS) is 10.3. The highest BCUT2D eigenvalue weighted by Crippen LogP contribution is 2.18. The van der Waals surface area contributed by atoms with Gasteiger partial charge in [-0.2, -0.15) is 0 Å². The van der Waals surface area contributed by atoms with Crippen LogP contribution in [-0.4, -0.2) is 18.1 Å². The van der Waals surface area contributed by atoms with Crippen molar-refractivity contribution >= 4 is 22.4 Å². The second-order valence-corrected chi connectivity index (χ2v) is 4.09. The van der Waals surface area contributed by atoms with E-state index in [0.29, 0.717) is 5.52 Å². The van der Waals surface area contributed by atoms with Crippen LogP contribution in [0, 0.1) is 0 Å². The summed E-state index contributed by atoms with van der Waals surface area (Å²) in [5, 5.41) is 0.778. The van der Waals surface area contributed by atoms with Crippen molar-refractivity contribution in [3.63, 3.8) is 0 Å². The predicted molar refractivity (Wildman–Crippen MR) is 70.6 cm³/mol. The van der Waals surface area contributed by atoms with Gasteiger partial charge in [0.1, 0.15) is 5.56 Å². The lowest BCUT2D eigenvalue weighted by atomic mass is 10.1. The fraction of sp³-hybridized carbons (Fsp3) is 0.143. The van der Waals surface area contributed by atoms with E-state index in [4.69, 9.17) is 0 Å². The number of hydrogen-bond acceptors (Lipinski definition) is 3. The Bertz CT molecular complexity index is 698. The molecule has 0 saturated carbocycles. The van der Waals surface area contributed by atoms with Crippen molar-refractivity contribution in [3.8, 4) is 0 Å². The monoisotopic (exact) mass is 243 g/mol. The van der Waals surface area contributed by atoms with E-state index in [1.165, 1.54) is 13.2 Å². The van der Waals surface area contributed by atoms with Crippen molar-refractivity contribution in [2.45, 2.75) is 6.92 Å². The summed E-state index contributed by atoms with van der Waals surface area (Å²) in [6, 6.07) is 7.09. The van der Waals surface area contributed by atoms with E-state index >= 15 is 0 Å². The molecule has 0 saturated heterocycles. The number of nitrogens with one attached hydrogen (secondary N) is 1. The summed E-state index contributed by atoms with van der Waals surface area (Å²) in [5.74, 6) is -0.637.